The maximum Gasteiger partial charge on any atom is 0.255 e. The molecule has 5 heteroatoms. The van der Waals surface area contributed by atoms with Crippen LogP contribution in [0.1, 0.15) is 10.4 Å². The summed E-state index contributed by atoms with van der Waals surface area (Å²) in [5.74, 6) is 0.533. The van der Waals surface area contributed by atoms with E-state index >= 15 is 0 Å². The van der Waals surface area contributed by atoms with Crippen molar-refractivity contribution in [3.05, 3.63) is 66.4 Å². The van der Waals surface area contributed by atoms with Crippen LogP contribution in [-0.4, -0.2) is 22.8 Å². The standard InChI is InChI=1S/C18H17N3O2/c1-21-17(13-6-4-3-5-7-13)16(12-19-21)20-18(22)14-8-10-15(23-2)11-9-14/h3-12H,1-2H3,(H,20,22). The molecule has 1 amide bonds. The molecule has 116 valence electrons. The van der Waals surface area contributed by atoms with Crippen molar-refractivity contribution < 1.29 is 9.53 Å². The highest BCUT2D eigenvalue weighted by molar-refractivity contribution is 6.06. The van der Waals surface area contributed by atoms with Gasteiger partial charge in [0, 0.05) is 18.2 Å². The van der Waals surface area contributed by atoms with Crippen LogP contribution < -0.4 is 10.1 Å². The first kappa shape index (κ1) is 14.8. The molecule has 3 rings (SSSR count). The van der Waals surface area contributed by atoms with Crippen molar-refractivity contribution in [2.24, 2.45) is 7.05 Å². The van der Waals surface area contributed by atoms with Gasteiger partial charge in [0.25, 0.3) is 5.91 Å². The molecule has 1 N–H and O–H groups in total. The summed E-state index contributed by atoms with van der Waals surface area (Å²) in [6, 6.07) is 16.8. The lowest BCUT2D eigenvalue weighted by molar-refractivity contribution is 0.102. The Balaban J connectivity index is 1.87. The highest BCUT2D eigenvalue weighted by atomic mass is 16.5. The quantitative estimate of drug-likeness (QED) is 0.804. The van der Waals surface area contributed by atoms with Gasteiger partial charge >= 0.3 is 0 Å². The van der Waals surface area contributed by atoms with E-state index in [4.69, 9.17) is 4.74 Å². The van der Waals surface area contributed by atoms with Crippen molar-refractivity contribution in [2.75, 3.05) is 12.4 Å². The molecule has 0 aliphatic heterocycles. The molecule has 23 heavy (non-hydrogen) atoms. The van der Waals surface area contributed by atoms with Crippen LogP contribution in [-0.2, 0) is 7.05 Å². The average molecular weight is 307 g/mol. The minimum absolute atomic E-state index is 0.183. The number of hydrogen-bond acceptors (Lipinski definition) is 3. The van der Waals surface area contributed by atoms with Crippen molar-refractivity contribution in [1.29, 1.82) is 0 Å². The Kier molecular flexibility index (Phi) is 4.10. The van der Waals surface area contributed by atoms with Crippen molar-refractivity contribution >= 4 is 11.6 Å². The number of rotatable bonds is 4. The maximum atomic E-state index is 12.4. The molecule has 0 bridgehead atoms. The van der Waals surface area contributed by atoms with Crippen molar-refractivity contribution in [3.63, 3.8) is 0 Å². The van der Waals surface area contributed by atoms with E-state index in [1.54, 1.807) is 42.3 Å². The van der Waals surface area contributed by atoms with E-state index in [2.05, 4.69) is 10.4 Å². The molecule has 1 heterocycles. The van der Waals surface area contributed by atoms with Gasteiger partial charge in [0.05, 0.1) is 24.7 Å². The van der Waals surface area contributed by atoms with Gasteiger partial charge in [-0.2, -0.15) is 5.10 Å². The van der Waals surface area contributed by atoms with Crippen LogP contribution in [0.2, 0.25) is 0 Å². The summed E-state index contributed by atoms with van der Waals surface area (Å²) in [6.07, 6.45) is 1.66. The molecule has 3 aromatic rings. The van der Waals surface area contributed by atoms with E-state index in [-0.39, 0.29) is 5.91 Å². The largest absolute Gasteiger partial charge is 0.497 e. The summed E-state index contributed by atoms with van der Waals surface area (Å²) in [7, 11) is 3.45. The fraction of sp³-hybridized carbons (Fsp3) is 0.111. The number of carbonyl (C=O) groups excluding carboxylic acids is 1. The number of amides is 1. The summed E-state index contributed by atoms with van der Waals surface area (Å²) in [4.78, 5) is 12.4. The summed E-state index contributed by atoms with van der Waals surface area (Å²) >= 11 is 0. The summed E-state index contributed by atoms with van der Waals surface area (Å²) in [5.41, 5.74) is 3.11. The first-order valence-electron chi connectivity index (χ1n) is 7.22. The fourth-order valence-electron chi connectivity index (χ4n) is 2.40. The number of hydrogen-bond donors (Lipinski definition) is 1. The molecular formula is C18H17N3O2. The molecule has 0 saturated carbocycles. The first-order chi connectivity index (χ1) is 11.2. The lowest BCUT2D eigenvalue weighted by Crippen LogP contribution is -2.12. The van der Waals surface area contributed by atoms with Gasteiger partial charge in [-0.1, -0.05) is 30.3 Å². The Hall–Kier alpha value is -3.08. The van der Waals surface area contributed by atoms with Gasteiger partial charge in [-0.3, -0.25) is 9.48 Å². The van der Waals surface area contributed by atoms with Crippen LogP contribution >= 0.6 is 0 Å². The maximum absolute atomic E-state index is 12.4. The molecule has 0 radical (unpaired) electrons. The highest BCUT2D eigenvalue weighted by Crippen LogP contribution is 2.27. The molecule has 0 atom stereocenters. The Morgan fingerprint density at radius 2 is 1.78 bits per heavy atom. The number of aryl methyl sites for hydroxylation is 1. The number of nitrogens with one attached hydrogen (secondary N) is 1. The minimum Gasteiger partial charge on any atom is -0.497 e. The van der Waals surface area contributed by atoms with Gasteiger partial charge in [-0.25, -0.2) is 0 Å². The van der Waals surface area contributed by atoms with Crippen LogP contribution in [0.25, 0.3) is 11.3 Å². The van der Waals surface area contributed by atoms with Gasteiger partial charge in [0.15, 0.2) is 0 Å². The van der Waals surface area contributed by atoms with E-state index in [1.165, 1.54) is 0 Å². The molecule has 5 nitrogen and oxygen atoms in total. The number of benzene rings is 2. The lowest BCUT2D eigenvalue weighted by Gasteiger charge is -2.08. The van der Waals surface area contributed by atoms with Gasteiger partial charge in [-0.15, -0.1) is 0 Å². The second-order valence-corrected chi connectivity index (χ2v) is 5.08. The van der Waals surface area contributed by atoms with Crippen LogP contribution in [0.3, 0.4) is 0 Å². The summed E-state index contributed by atoms with van der Waals surface area (Å²) in [5, 5.41) is 7.17. The average Bonchev–Trinajstić information content (AvgIpc) is 2.96. The van der Waals surface area contributed by atoms with Gasteiger partial charge in [0.1, 0.15) is 5.75 Å². The van der Waals surface area contributed by atoms with E-state index in [0.29, 0.717) is 17.0 Å². The third-order valence-corrected chi connectivity index (χ3v) is 3.59. The highest BCUT2D eigenvalue weighted by Gasteiger charge is 2.14. The Bertz CT molecular complexity index is 808. The second-order valence-electron chi connectivity index (χ2n) is 5.08. The van der Waals surface area contributed by atoms with Gasteiger partial charge < -0.3 is 10.1 Å². The first-order valence-corrected chi connectivity index (χ1v) is 7.22. The fourth-order valence-corrected chi connectivity index (χ4v) is 2.40. The predicted molar refractivity (Wildman–Crippen MR) is 89.6 cm³/mol. The van der Waals surface area contributed by atoms with Crippen LogP contribution in [0.5, 0.6) is 5.75 Å². The van der Waals surface area contributed by atoms with Crippen molar-refractivity contribution in [3.8, 4) is 17.0 Å². The summed E-state index contributed by atoms with van der Waals surface area (Å²) in [6.45, 7) is 0. The number of ether oxygens (including phenoxy) is 1. The Morgan fingerprint density at radius 1 is 1.09 bits per heavy atom. The Morgan fingerprint density at radius 3 is 2.43 bits per heavy atom. The van der Waals surface area contributed by atoms with Crippen molar-refractivity contribution in [1.82, 2.24) is 9.78 Å². The van der Waals surface area contributed by atoms with E-state index in [0.717, 1.165) is 11.3 Å². The van der Waals surface area contributed by atoms with Crippen molar-refractivity contribution in [2.45, 2.75) is 0 Å². The monoisotopic (exact) mass is 307 g/mol. The number of anilines is 1. The lowest BCUT2D eigenvalue weighted by atomic mass is 10.1. The molecule has 1 aromatic heterocycles. The molecule has 0 spiro atoms. The zero-order chi connectivity index (χ0) is 16.2. The number of carbonyl (C=O) groups is 1. The second kappa shape index (κ2) is 6.36. The van der Waals surface area contributed by atoms with Gasteiger partial charge in [0.2, 0.25) is 0 Å². The molecular weight excluding hydrogens is 290 g/mol. The van der Waals surface area contributed by atoms with Gasteiger partial charge in [-0.05, 0) is 24.3 Å². The Labute approximate surface area is 134 Å². The smallest absolute Gasteiger partial charge is 0.255 e. The normalized spacial score (nSPS) is 10.3. The van der Waals surface area contributed by atoms with E-state index < -0.39 is 0 Å². The van der Waals surface area contributed by atoms with Crippen LogP contribution in [0.4, 0.5) is 5.69 Å². The number of methoxy groups -OCH3 is 1. The SMILES string of the molecule is COc1ccc(C(=O)Nc2cnn(C)c2-c2ccccc2)cc1. The molecule has 2 aromatic carbocycles. The molecule has 0 aliphatic carbocycles. The molecule has 0 unspecified atom stereocenters. The zero-order valence-electron chi connectivity index (χ0n) is 13.0. The summed E-state index contributed by atoms with van der Waals surface area (Å²) < 4.78 is 6.85. The number of aromatic nitrogens is 2. The molecule has 0 saturated heterocycles. The number of nitrogens with zero attached hydrogens (tertiary/aromatic N) is 2. The predicted octanol–water partition coefficient (Wildman–Crippen LogP) is 3.35. The molecule has 0 fully saturated rings. The third-order valence-electron chi connectivity index (χ3n) is 3.59. The van der Waals surface area contributed by atoms with E-state index in [1.807, 2.05) is 37.4 Å². The minimum atomic E-state index is -0.183. The third kappa shape index (κ3) is 3.08. The zero-order valence-corrected chi connectivity index (χ0v) is 13.0. The van der Waals surface area contributed by atoms with Crippen LogP contribution in [0.15, 0.2) is 60.8 Å². The van der Waals surface area contributed by atoms with Crippen LogP contribution in [0, 0.1) is 0 Å². The topological polar surface area (TPSA) is 56.1 Å². The molecule has 0 aliphatic rings. The van der Waals surface area contributed by atoms with E-state index in [9.17, 15) is 4.79 Å².